The van der Waals surface area contributed by atoms with Crippen molar-refractivity contribution >= 4 is 30.7 Å². The summed E-state index contributed by atoms with van der Waals surface area (Å²) in [7, 11) is 1.62. The van der Waals surface area contributed by atoms with Crippen molar-refractivity contribution in [3.63, 3.8) is 0 Å². The van der Waals surface area contributed by atoms with Crippen molar-refractivity contribution in [3.05, 3.63) is 0 Å². The van der Waals surface area contributed by atoms with E-state index in [1.807, 2.05) is 13.8 Å². The minimum Gasteiger partial charge on any atom is -0.375 e. The predicted molar refractivity (Wildman–Crippen MR) is 103 cm³/mol. The molecule has 0 saturated heterocycles. The number of rotatable bonds is 13. The Bertz CT molecular complexity index is 427. The van der Waals surface area contributed by atoms with Gasteiger partial charge in [0, 0.05) is 39.6 Å². The van der Waals surface area contributed by atoms with Gasteiger partial charge in [-0.2, -0.15) is 12.6 Å². The second kappa shape index (κ2) is 12.3. The lowest BCUT2D eigenvalue weighted by Gasteiger charge is -2.26. The number of amides is 2. The molecule has 0 aromatic rings. The average Bonchev–Trinajstić information content (AvgIpc) is 2.51. The molecule has 0 aromatic heterocycles. The van der Waals surface area contributed by atoms with Crippen molar-refractivity contribution in [1.82, 2.24) is 10.2 Å². The first kappa shape index (κ1) is 23.9. The van der Waals surface area contributed by atoms with Crippen molar-refractivity contribution in [2.45, 2.75) is 64.2 Å². The zero-order valence-corrected chi connectivity index (χ0v) is 17.1. The van der Waals surface area contributed by atoms with Crippen molar-refractivity contribution in [2.24, 2.45) is 5.92 Å². The molecule has 0 aliphatic carbocycles. The number of carbonyl (C=O) groups is 3. The number of hydrogen-bond donors (Lipinski definition) is 2. The van der Waals surface area contributed by atoms with Gasteiger partial charge in [0.25, 0.3) is 0 Å². The van der Waals surface area contributed by atoms with Gasteiger partial charge >= 0.3 is 0 Å². The molecule has 1 N–H and O–H groups in total. The number of nitrogens with zero attached hydrogens (tertiary/aromatic N) is 1. The Hall–Kier alpha value is -1.08. The summed E-state index contributed by atoms with van der Waals surface area (Å²) >= 11 is 3.97. The molecule has 0 rings (SSSR count). The lowest BCUT2D eigenvalue weighted by atomic mass is 10.0. The van der Waals surface area contributed by atoms with E-state index in [4.69, 9.17) is 4.74 Å². The standard InChI is InChI=1S/C18H34N2O4S/c1-14(2)7-11-24-18(3,4)8-9-19-16(22)6-10-20(5)17(23)12-15(25)13-21/h13-15,25H,6-12H2,1-5H3,(H,19,22). The molecule has 0 spiro atoms. The molecule has 0 radical (unpaired) electrons. The lowest BCUT2D eigenvalue weighted by Crippen LogP contribution is -2.36. The molecule has 146 valence electrons. The topological polar surface area (TPSA) is 75.7 Å². The first-order chi connectivity index (χ1) is 11.6. The van der Waals surface area contributed by atoms with Crippen LogP contribution in [0.1, 0.15) is 53.4 Å². The van der Waals surface area contributed by atoms with E-state index >= 15 is 0 Å². The maximum absolute atomic E-state index is 11.9. The summed E-state index contributed by atoms with van der Waals surface area (Å²) < 4.78 is 5.86. The number of hydrogen-bond acceptors (Lipinski definition) is 5. The number of ether oxygens (including phenoxy) is 1. The molecule has 0 bridgehead atoms. The molecule has 7 heteroatoms. The van der Waals surface area contributed by atoms with Crippen LogP contribution in [-0.4, -0.2) is 60.6 Å². The maximum atomic E-state index is 11.9. The van der Waals surface area contributed by atoms with Gasteiger partial charge < -0.3 is 19.7 Å². The monoisotopic (exact) mass is 374 g/mol. The second-order valence-corrected chi connectivity index (χ2v) is 8.03. The minimum atomic E-state index is -0.596. The van der Waals surface area contributed by atoms with Gasteiger partial charge in [-0.25, -0.2) is 0 Å². The van der Waals surface area contributed by atoms with E-state index in [1.165, 1.54) is 4.90 Å². The first-order valence-electron chi connectivity index (χ1n) is 8.85. The summed E-state index contributed by atoms with van der Waals surface area (Å²) in [6.07, 6.45) is 2.66. The Balaban J connectivity index is 3.96. The highest BCUT2D eigenvalue weighted by Crippen LogP contribution is 2.15. The molecule has 6 nitrogen and oxygen atoms in total. The highest BCUT2D eigenvalue weighted by molar-refractivity contribution is 7.81. The molecule has 2 amide bonds. The quantitative estimate of drug-likeness (QED) is 0.382. The number of thiol groups is 1. The van der Waals surface area contributed by atoms with Crippen LogP contribution in [0.5, 0.6) is 0 Å². The average molecular weight is 375 g/mol. The third-order valence-electron chi connectivity index (χ3n) is 3.88. The van der Waals surface area contributed by atoms with Gasteiger partial charge in [0.1, 0.15) is 6.29 Å². The molecular weight excluding hydrogens is 340 g/mol. The molecule has 0 fully saturated rings. The third-order valence-corrected chi connectivity index (χ3v) is 4.18. The molecule has 0 aliphatic heterocycles. The van der Waals surface area contributed by atoms with E-state index in [0.717, 1.165) is 19.4 Å². The molecule has 0 aromatic carbocycles. The fourth-order valence-electron chi connectivity index (χ4n) is 2.01. The molecule has 1 unspecified atom stereocenters. The molecule has 0 saturated carbocycles. The Morgan fingerprint density at radius 2 is 1.96 bits per heavy atom. The fourth-order valence-corrected chi connectivity index (χ4v) is 2.17. The number of aldehydes is 1. The fraction of sp³-hybridized carbons (Fsp3) is 0.833. The van der Waals surface area contributed by atoms with E-state index in [1.54, 1.807) is 7.05 Å². The zero-order valence-electron chi connectivity index (χ0n) is 16.2. The first-order valence-corrected chi connectivity index (χ1v) is 9.37. The van der Waals surface area contributed by atoms with Crippen LogP contribution in [0.3, 0.4) is 0 Å². The normalized spacial score (nSPS) is 12.8. The van der Waals surface area contributed by atoms with E-state index in [2.05, 4.69) is 31.8 Å². The molecule has 25 heavy (non-hydrogen) atoms. The Kier molecular flexibility index (Phi) is 11.8. The van der Waals surface area contributed by atoms with E-state index in [0.29, 0.717) is 25.3 Å². The van der Waals surface area contributed by atoms with Crippen molar-refractivity contribution in [1.29, 1.82) is 0 Å². The molecular formula is C18H34N2O4S. The van der Waals surface area contributed by atoms with Crippen LogP contribution in [0, 0.1) is 5.92 Å². The van der Waals surface area contributed by atoms with Crippen LogP contribution < -0.4 is 5.32 Å². The molecule has 1 atom stereocenters. The van der Waals surface area contributed by atoms with Crippen LogP contribution in [0.2, 0.25) is 0 Å². The highest BCUT2D eigenvalue weighted by Gasteiger charge is 2.19. The summed E-state index contributed by atoms with van der Waals surface area (Å²) in [4.78, 5) is 35.6. The minimum absolute atomic E-state index is 0.0482. The van der Waals surface area contributed by atoms with Gasteiger partial charge in [-0.3, -0.25) is 9.59 Å². The Morgan fingerprint density at radius 3 is 2.52 bits per heavy atom. The van der Waals surface area contributed by atoms with Gasteiger partial charge in [0.05, 0.1) is 10.9 Å². The van der Waals surface area contributed by atoms with E-state index in [-0.39, 0.29) is 30.3 Å². The van der Waals surface area contributed by atoms with Crippen LogP contribution in [0.15, 0.2) is 0 Å². The van der Waals surface area contributed by atoms with Gasteiger partial charge in [0.15, 0.2) is 0 Å². The van der Waals surface area contributed by atoms with Gasteiger partial charge in [0.2, 0.25) is 11.8 Å². The van der Waals surface area contributed by atoms with Gasteiger partial charge in [-0.1, -0.05) is 13.8 Å². The van der Waals surface area contributed by atoms with Crippen molar-refractivity contribution in [3.8, 4) is 0 Å². The molecule has 0 heterocycles. The summed E-state index contributed by atoms with van der Waals surface area (Å²) in [6, 6.07) is 0. The Labute approximate surface area is 157 Å². The highest BCUT2D eigenvalue weighted by atomic mass is 32.1. The summed E-state index contributed by atoms with van der Waals surface area (Å²) in [5.41, 5.74) is -0.272. The van der Waals surface area contributed by atoms with Crippen molar-refractivity contribution < 1.29 is 19.1 Å². The predicted octanol–water partition coefficient (Wildman–Crippen LogP) is 2.07. The summed E-state index contributed by atoms with van der Waals surface area (Å²) in [6.45, 7) is 9.94. The summed E-state index contributed by atoms with van der Waals surface area (Å²) in [5.74, 6) is 0.314. The smallest absolute Gasteiger partial charge is 0.223 e. The van der Waals surface area contributed by atoms with Gasteiger partial charge in [-0.15, -0.1) is 0 Å². The van der Waals surface area contributed by atoms with E-state index in [9.17, 15) is 14.4 Å². The molecule has 0 aliphatic rings. The lowest BCUT2D eigenvalue weighted by molar-refractivity contribution is -0.131. The third kappa shape index (κ3) is 12.9. The zero-order chi connectivity index (χ0) is 19.5. The number of nitrogens with one attached hydrogen (secondary N) is 1. The van der Waals surface area contributed by atoms with Crippen LogP contribution >= 0.6 is 12.6 Å². The van der Waals surface area contributed by atoms with Crippen molar-refractivity contribution in [2.75, 3.05) is 26.7 Å². The maximum Gasteiger partial charge on any atom is 0.223 e. The number of carbonyl (C=O) groups excluding carboxylic acids is 3. The SMILES string of the molecule is CC(C)CCOC(C)(C)CCNC(=O)CCN(C)C(=O)CC(S)C=O. The van der Waals surface area contributed by atoms with Crippen LogP contribution in [0.25, 0.3) is 0 Å². The largest absolute Gasteiger partial charge is 0.375 e. The second-order valence-electron chi connectivity index (χ2n) is 7.36. The van der Waals surface area contributed by atoms with E-state index < -0.39 is 5.25 Å². The van der Waals surface area contributed by atoms with Gasteiger partial charge in [-0.05, 0) is 32.6 Å². The van der Waals surface area contributed by atoms with Crippen LogP contribution in [0.4, 0.5) is 0 Å². The Morgan fingerprint density at radius 1 is 1.32 bits per heavy atom. The van der Waals surface area contributed by atoms with Crippen LogP contribution in [-0.2, 0) is 19.1 Å². The summed E-state index contributed by atoms with van der Waals surface area (Å²) in [5, 5.41) is 2.26.